The number of hydrogen-bond acceptors (Lipinski definition) is 2. The van der Waals surface area contributed by atoms with E-state index in [1.54, 1.807) is 0 Å². The van der Waals surface area contributed by atoms with E-state index in [0.29, 0.717) is 6.04 Å². The van der Waals surface area contributed by atoms with Crippen molar-refractivity contribution in [3.8, 4) is 0 Å². The second-order valence-electron chi connectivity index (χ2n) is 6.54. The summed E-state index contributed by atoms with van der Waals surface area (Å²) < 4.78 is 0. The maximum atomic E-state index is 4.62. The normalized spacial score (nSPS) is 12.2. The van der Waals surface area contributed by atoms with E-state index in [1.165, 1.54) is 12.8 Å². The van der Waals surface area contributed by atoms with Crippen LogP contribution in [0.5, 0.6) is 0 Å². The van der Waals surface area contributed by atoms with Crippen molar-refractivity contribution >= 4 is 11.0 Å². The lowest BCUT2D eigenvalue weighted by Crippen LogP contribution is -2.31. The molecular formula is C17H27N3. The number of aromatic amines is 1. The molecule has 110 valence electrons. The summed E-state index contributed by atoms with van der Waals surface area (Å²) in [5.41, 5.74) is 2.17. The van der Waals surface area contributed by atoms with Crippen molar-refractivity contribution in [2.75, 3.05) is 0 Å². The van der Waals surface area contributed by atoms with Gasteiger partial charge in [-0.3, -0.25) is 0 Å². The maximum absolute atomic E-state index is 4.62. The van der Waals surface area contributed by atoms with Gasteiger partial charge in [0.25, 0.3) is 0 Å². The van der Waals surface area contributed by atoms with Crippen LogP contribution in [0.15, 0.2) is 24.3 Å². The highest BCUT2D eigenvalue weighted by atomic mass is 15.0. The summed E-state index contributed by atoms with van der Waals surface area (Å²) in [5.74, 6) is 2.48. The van der Waals surface area contributed by atoms with Crippen LogP contribution in [0.3, 0.4) is 0 Å². The van der Waals surface area contributed by atoms with Crippen LogP contribution in [0, 0.1) is 11.8 Å². The van der Waals surface area contributed by atoms with Crippen LogP contribution < -0.4 is 5.32 Å². The van der Waals surface area contributed by atoms with Crippen LogP contribution in [0.4, 0.5) is 0 Å². The number of nitrogens with one attached hydrogen (secondary N) is 2. The molecule has 1 aromatic carbocycles. The minimum Gasteiger partial charge on any atom is -0.341 e. The van der Waals surface area contributed by atoms with E-state index in [9.17, 15) is 0 Å². The zero-order valence-electron chi connectivity index (χ0n) is 13.1. The van der Waals surface area contributed by atoms with E-state index in [0.717, 1.165) is 35.2 Å². The van der Waals surface area contributed by atoms with Gasteiger partial charge >= 0.3 is 0 Å². The number of H-pyrrole nitrogens is 1. The Bertz CT molecular complexity index is 485. The first kappa shape index (κ1) is 15.0. The Labute approximate surface area is 122 Å². The standard InChI is InChI=1S/C17H27N3/c1-12(2)9-14(10-13(3)4)18-11-17-19-15-7-5-6-8-16(15)20-17/h5-8,12-14,18H,9-11H2,1-4H3,(H,19,20). The number of aromatic nitrogens is 2. The van der Waals surface area contributed by atoms with E-state index >= 15 is 0 Å². The Morgan fingerprint density at radius 2 is 1.70 bits per heavy atom. The van der Waals surface area contributed by atoms with Gasteiger partial charge in [-0.2, -0.15) is 0 Å². The minimum absolute atomic E-state index is 0.572. The van der Waals surface area contributed by atoms with Crippen LogP contribution >= 0.6 is 0 Å². The first-order valence-electron chi connectivity index (χ1n) is 7.71. The Hall–Kier alpha value is -1.35. The van der Waals surface area contributed by atoms with Crippen LogP contribution in [0.1, 0.15) is 46.4 Å². The molecule has 3 nitrogen and oxygen atoms in total. The Morgan fingerprint density at radius 1 is 1.05 bits per heavy atom. The lowest BCUT2D eigenvalue weighted by molar-refractivity contribution is 0.356. The van der Waals surface area contributed by atoms with Gasteiger partial charge in [0.05, 0.1) is 17.6 Å². The molecule has 0 atom stereocenters. The molecule has 0 aliphatic carbocycles. The fourth-order valence-electron chi connectivity index (χ4n) is 2.73. The van der Waals surface area contributed by atoms with Crippen molar-refractivity contribution in [1.29, 1.82) is 0 Å². The van der Waals surface area contributed by atoms with Crippen LogP contribution in [0.25, 0.3) is 11.0 Å². The molecule has 0 saturated heterocycles. The summed E-state index contributed by atoms with van der Waals surface area (Å²) >= 11 is 0. The largest absolute Gasteiger partial charge is 0.341 e. The number of rotatable bonds is 7. The molecule has 0 spiro atoms. The van der Waals surface area contributed by atoms with Gasteiger partial charge < -0.3 is 10.3 Å². The molecule has 2 rings (SSSR count). The second kappa shape index (κ2) is 6.89. The molecule has 0 fully saturated rings. The van der Waals surface area contributed by atoms with Crippen LogP contribution in [-0.4, -0.2) is 16.0 Å². The molecule has 2 N–H and O–H groups in total. The molecule has 0 aliphatic rings. The zero-order chi connectivity index (χ0) is 14.5. The molecule has 1 heterocycles. The SMILES string of the molecule is CC(C)CC(CC(C)C)NCc1nc2ccccc2[nH]1. The predicted molar refractivity (Wildman–Crippen MR) is 85.6 cm³/mol. The summed E-state index contributed by atoms with van der Waals surface area (Å²) in [6, 6.07) is 8.77. The number of benzene rings is 1. The van der Waals surface area contributed by atoms with Gasteiger partial charge in [-0.15, -0.1) is 0 Å². The number of nitrogens with zero attached hydrogens (tertiary/aromatic N) is 1. The van der Waals surface area contributed by atoms with E-state index in [-0.39, 0.29) is 0 Å². The van der Waals surface area contributed by atoms with Gasteiger partial charge in [-0.1, -0.05) is 39.8 Å². The highest BCUT2D eigenvalue weighted by Crippen LogP contribution is 2.15. The monoisotopic (exact) mass is 273 g/mol. The first-order valence-corrected chi connectivity index (χ1v) is 7.71. The van der Waals surface area contributed by atoms with Gasteiger partial charge in [-0.25, -0.2) is 4.98 Å². The third-order valence-corrected chi connectivity index (χ3v) is 3.51. The molecule has 0 saturated carbocycles. The average Bonchev–Trinajstić information content (AvgIpc) is 2.77. The molecule has 3 heteroatoms. The van der Waals surface area contributed by atoms with Gasteiger partial charge in [0.2, 0.25) is 0 Å². The summed E-state index contributed by atoms with van der Waals surface area (Å²) in [6.45, 7) is 9.97. The van der Waals surface area contributed by atoms with Crippen molar-refractivity contribution in [3.05, 3.63) is 30.1 Å². The topological polar surface area (TPSA) is 40.7 Å². The van der Waals surface area contributed by atoms with E-state index in [2.05, 4.69) is 55.1 Å². The molecular weight excluding hydrogens is 246 g/mol. The second-order valence-corrected chi connectivity index (χ2v) is 6.54. The third-order valence-electron chi connectivity index (χ3n) is 3.51. The van der Waals surface area contributed by atoms with E-state index in [4.69, 9.17) is 0 Å². The van der Waals surface area contributed by atoms with E-state index in [1.807, 2.05) is 12.1 Å². The molecule has 0 radical (unpaired) electrons. The highest BCUT2D eigenvalue weighted by Gasteiger charge is 2.13. The number of hydrogen-bond donors (Lipinski definition) is 2. The van der Waals surface area contributed by atoms with Crippen molar-refractivity contribution < 1.29 is 0 Å². The number of fused-ring (bicyclic) bond motifs is 1. The van der Waals surface area contributed by atoms with Gasteiger partial charge in [0, 0.05) is 6.04 Å². The molecule has 0 unspecified atom stereocenters. The Kier molecular flexibility index (Phi) is 5.18. The Balaban J connectivity index is 1.97. The summed E-state index contributed by atoms with van der Waals surface area (Å²) in [6.07, 6.45) is 2.44. The number of imidazole rings is 1. The number of para-hydroxylation sites is 2. The fraction of sp³-hybridized carbons (Fsp3) is 0.588. The fourth-order valence-corrected chi connectivity index (χ4v) is 2.73. The van der Waals surface area contributed by atoms with Gasteiger partial charge in [0.15, 0.2) is 0 Å². The Morgan fingerprint density at radius 3 is 2.30 bits per heavy atom. The molecule has 0 amide bonds. The lowest BCUT2D eigenvalue weighted by atomic mass is 9.95. The molecule has 20 heavy (non-hydrogen) atoms. The average molecular weight is 273 g/mol. The van der Waals surface area contributed by atoms with E-state index < -0.39 is 0 Å². The lowest BCUT2D eigenvalue weighted by Gasteiger charge is -2.22. The van der Waals surface area contributed by atoms with Crippen LogP contribution in [-0.2, 0) is 6.54 Å². The highest BCUT2D eigenvalue weighted by molar-refractivity contribution is 5.74. The molecule has 2 aromatic rings. The van der Waals surface area contributed by atoms with Crippen molar-refractivity contribution in [3.63, 3.8) is 0 Å². The summed E-state index contributed by atoms with van der Waals surface area (Å²) in [7, 11) is 0. The molecule has 0 bridgehead atoms. The van der Waals surface area contributed by atoms with Crippen molar-refractivity contribution in [1.82, 2.24) is 15.3 Å². The molecule has 1 aromatic heterocycles. The maximum Gasteiger partial charge on any atom is 0.121 e. The van der Waals surface area contributed by atoms with Crippen molar-refractivity contribution in [2.24, 2.45) is 11.8 Å². The molecule has 0 aliphatic heterocycles. The summed E-state index contributed by atoms with van der Waals surface area (Å²) in [5, 5.41) is 3.67. The quantitative estimate of drug-likeness (QED) is 0.797. The van der Waals surface area contributed by atoms with Crippen LogP contribution in [0.2, 0.25) is 0 Å². The van der Waals surface area contributed by atoms with Gasteiger partial charge in [0.1, 0.15) is 5.82 Å². The first-order chi connectivity index (χ1) is 9.54. The predicted octanol–water partition coefficient (Wildman–Crippen LogP) is 4.11. The van der Waals surface area contributed by atoms with Crippen molar-refractivity contribution in [2.45, 2.75) is 53.1 Å². The summed E-state index contributed by atoms with van der Waals surface area (Å²) in [4.78, 5) is 8.01. The minimum atomic E-state index is 0.572. The smallest absolute Gasteiger partial charge is 0.121 e. The zero-order valence-corrected chi connectivity index (χ0v) is 13.1. The van der Waals surface area contributed by atoms with Gasteiger partial charge in [-0.05, 0) is 36.8 Å². The third kappa shape index (κ3) is 4.34.